The van der Waals surface area contributed by atoms with Gasteiger partial charge in [-0.1, -0.05) is 95.4 Å². The van der Waals surface area contributed by atoms with Crippen molar-refractivity contribution in [2.75, 3.05) is 6.61 Å². The Kier molecular flexibility index (Phi) is 11.0. The molecule has 0 aromatic heterocycles. The van der Waals surface area contributed by atoms with E-state index in [4.69, 9.17) is 4.74 Å². The Bertz CT molecular complexity index is 1190. The van der Waals surface area contributed by atoms with E-state index in [0.717, 1.165) is 47.0 Å². The zero-order valence-electron chi connectivity index (χ0n) is 22.8. The molecular formula is C33H39BrN2O3. The number of carbonyl (C=O) groups excluding carboxylic acids is 2. The first kappa shape index (κ1) is 28.9. The van der Waals surface area contributed by atoms with E-state index in [1.54, 1.807) is 4.90 Å². The SMILES string of the molecule is Cc1ccc(OCCCC(=O)N(Cc2cccc(Br)c2)C(Cc2ccccc2)C(=O)NC2CCCCC2)cc1. The topological polar surface area (TPSA) is 58.6 Å². The van der Waals surface area contributed by atoms with Gasteiger partial charge < -0.3 is 15.0 Å². The molecule has 1 saturated carbocycles. The van der Waals surface area contributed by atoms with Gasteiger partial charge in [-0.15, -0.1) is 0 Å². The van der Waals surface area contributed by atoms with Crippen molar-refractivity contribution in [3.8, 4) is 5.75 Å². The summed E-state index contributed by atoms with van der Waals surface area (Å²) in [5.41, 5.74) is 3.20. The Morgan fingerprint density at radius 2 is 1.67 bits per heavy atom. The van der Waals surface area contributed by atoms with E-state index >= 15 is 0 Å². The van der Waals surface area contributed by atoms with Gasteiger partial charge in [0.2, 0.25) is 11.8 Å². The molecular weight excluding hydrogens is 552 g/mol. The van der Waals surface area contributed by atoms with Crippen LogP contribution in [0.5, 0.6) is 5.75 Å². The highest BCUT2D eigenvalue weighted by molar-refractivity contribution is 9.10. The molecule has 2 amide bonds. The first-order valence-corrected chi connectivity index (χ1v) is 14.8. The molecule has 206 valence electrons. The van der Waals surface area contributed by atoms with E-state index in [9.17, 15) is 9.59 Å². The minimum atomic E-state index is -0.598. The summed E-state index contributed by atoms with van der Waals surface area (Å²) in [4.78, 5) is 29.4. The smallest absolute Gasteiger partial charge is 0.243 e. The molecule has 0 saturated heterocycles. The lowest BCUT2D eigenvalue weighted by Crippen LogP contribution is -2.52. The van der Waals surface area contributed by atoms with Crippen LogP contribution in [-0.4, -0.2) is 35.4 Å². The fourth-order valence-corrected chi connectivity index (χ4v) is 5.57. The normalized spacial score (nSPS) is 14.4. The third kappa shape index (κ3) is 9.24. The monoisotopic (exact) mass is 590 g/mol. The van der Waals surface area contributed by atoms with Crippen molar-refractivity contribution in [3.05, 3.63) is 100 Å². The van der Waals surface area contributed by atoms with Gasteiger partial charge in [-0.3, -0.25) is 9.59 Å². The molecule has 0 spiro atoms. The van der Waals surface area contributed by atoms with Gasteiger partial charge in [0, 0.05) is 29.9 Å². The average molecular weight is 592 g/mol. The van der Waals surface area contributed by atoms with Crippen LogP contribution in [0, 0.1) is 6.92 Å². The molecule has 1 aliphatic rings. The van der Waals surface area contributed by atoms with Gasteiger partial charge in [0.05, 0.1) is 6.61 Å². The van der Waals surface area contributed by atoms with Crippen LogP contribution in [0.4, 0.5) is 0 Å². The molecule has 0 aliphatic heterocycles. The van der Waals surface area contributed by atoms with Crippen LogP contribution in [0.25, 0.3) is 0 Å². The molecule has 1 atom stereocenters. The fourth-order valence-electron chi connectivity index (χ4n) is 5.12. The maximum Gasteiger partial charge on any atom is 0.243 e. The zero-order chi connectivity index (χ0) is 27.5. The second-order valence-electron chi connectivity index (χ2n) is 10.5. The van der Waals surface area contributed by atoms with E-state index in [2.05, 4.69) is 21.2 Å². The van der Waals surface area contributed by atoms with E-state index in [0.29, 0.717) is 32.4 Å². The largest absolute Gasteiger partial charge is 0.494 e. The number of hydrogen-bond acceptors (Lipinski definition) is 3. The van der Waals surface area contributed by atoms with E-state index < -0.39 is 6.04 Å². The summed E-state index contributed by atoms with van der Waals surface area (Å²) in [5, 5.41) is 3.30. The molecule has 4 rings (SSSR count). The summed E-state index contributed by atoms with van der Waals surface area (Å²) >= 11 is 3.55. The van der Waals surface area contributed by atoms with Crippen molar-refractivity contribution in [3.63, 3.8) is 0 Å². The molecule has 39 heavy (non-hydrogen) atoms. The van der Waals surface area contributed by atoms with Crippen LogP contribution in [0.1, 0.15) is 61.6 Å². The predicted octanol–water partition coefficient (Wildman–Crippen LogP) is 7.01. The molecule has 3 aromatic carbocycles. The number of hydrogen-bond donors (Lipinski definition) is 1. The lowest BCUT2D eigenvalue weighted by molar-refractivity contribution is -0.141. The number of ether oxygens (including phenoxy) is 1. The van der Waals surface area contributed by atoms with Gasteiger partial charge >= 0.3 is 0 Å². The van der Waals surface area contributed by atoms with Gasteiger partial charge in [-0.25, -0.2) is 0 Å². The summed E-state index contributed by atoms with van der Waals surface area (Å²) < 4.78 is 6.82. The highest BCUT2D eigenvalue weighted by atomic mass is 79.9. The van der Waals surface area contributed by atoms with Crippen molar-refractivity contribution in [2.45, 2.75) is 76.9 Å². The van der Waals surface area contributed by atoms with Crippen molar-refractivity contribution in [1.29, 1.82) is 0 Å². The lowest BCUT2D eigenvalue weighted by atomic mass is 9.94. The number of aryl methyl sites for hydroxylation is 1. The van der Waals surface area contributed by atoms with E-state index in [1.807, 2.05) is 85.8 Å². The van der Waals surface area contributed by atoms with Gasteiger partial charge in [0.25, 0.3) is 0 Å². The van der Waals surface area contributed by atoms with Gasteiger partial charge in [-0.2, -0.15) is 0 Å². The predicted molar refractivity (Wildman–Crippen MR) is 160 cm³/mol. The minimum Gasteiger partial charge on any atom is -0.494 e. The van der Waals surface area contributed by atoms with Crippen LogP contribution < -0.4 is 10.1 Å². The number of rotatable bonds is 12. The van der Waals surface area contributed by atoms with Crippen LogP contribution in [0.2, 0.25) is 0 Å². The standard InChI is InChI=1S/C33H39BrN2O3/c1-25-17-19-30(20-18-25)39-21-9-16-32(37)36(24-27-12-8-13-28(34)22-27)31(23-26-10-4-2-5-11-26)33(38)35-29-14-6-3-7-15-29/h2,4-5,8,10-13,17-20,22,29,31H,3,6-7,9,14-16,21,23-24H2,1H3,(H,35,38). The Morgan fingerprint density at radius 3 is 2.38 bits per heavy atom. The summed E-state index contributed by atoms with van der Waals surface area (Å²) in [6, 6.07) is 25.4. The van der Waals surface area contributed by atoms with Crippen molar-refractivity contribution >= 4 is 27.7 Å². The van der Waals surface area contributed by atoms with E-state index in [1.165, 1.54) is 12.0 Å². The van der Waals surface area contributed by atoms with Crippen molar-refractivity contribution in [1.82, 2.24) is 10.2 Å². The number of amides is 2. The summed E-state index contributed by atoms with van der Waals surface area (Å²) in [6.45, 7) is 2.85. The van der Waals surface area contributed by atoms with Crippen LogP contribution in [0.15, 0.2) is 83.3 Å². The maximum atomic E-state index is 13.8. The third-order valence-electron chi connectivity index (χ3n) is 7.29. The molecule has 3 aromatic rings. The lowest BCUT2D eigenvalue weighted by Gasteiger charge is -2.33. The molecule has 0 bridgehead atoms. The number of benzene rings is 3. The van der Waals surface area contributed by atoms with Gasteiger partial charge in [0.15, 0.2) is 0 Å². The minimum absolute atomic E-state index is 0.0396. The molecule has 1 N–H and O–H groups in total. The summed E-state index contributed by atoms with van der Waals surface area (Å²) in [6.07, 6.45) is 6.84. The van der Waals surface area contributed by atoms with Crippen LogP contribution in [0.3, 0.4) is 0 Å². The Balaban J connectivity index is 1.51. The van der Waals surface area contributed by atoms with Crippen molar-refractivity contribution < 1.29 is 14.3 Å². The second kappa shape index (κ2) is 14.9. The number of nitrogens with zero attached hydrogens (tertiary/aromatic N) is 1. The number of halogens is 1. The molecule has 6 heteroatoms. The summed E-state index contributed by atoms with van der Waals surface area (Å²) in [7, 11) is 0. The van der Waals surface area contributed by atoms with Crippen molar-refractivity contribution in [2.24, 2.45) is 0 Å². The first-order valence-electron chi connectivity index (χ1n) is 14.1. The molecule has 0 heterocycles. The number of carbonyl (C=O) groups is 2. The molecule has 5 nitrogen and oxygen atoms in total. The third-order valence-corrected chi connectivity index (χ3v) is 7.78. The summed E-state index contributed by atoms with van der Waals surface area (Å²) in [5.74, 6) is 0.695. The molecule has 1 aliphatic carbocycles. The maximum absolute atomic E-state index is 13.8. The fraction of sp³-hybridized carbons (Fsp3) is 0.394. The van der Waals surface area contributed by atoms with Crippen LogP contribution >= 0.6 is 15.9 Å². The number of nitrogens with one attached hydrogen (secondary N) is 1. The second-order valence-corrected chi connectivity index (χ2v) is 11.4. The zero-order valence-corrected chi connectivity index (χ0v) is 24.4. The highest BCUT2D eigenvalue weighted by Gasteiger charge is 2.31. The van der Waals surface area contributed by atoms with Gasteiger partial charge in [0.1, 0.15) is 11.8 Å². The Labute approximate surface area is 241 Å². The van der Waals surface area contributed by atoms with Crippen LogP contribution in [-0.2, 0) is 22.6 Å². The average Bonchev–Trinajstić information content (AvgIpc) is 2.95. The Morgan fingerprint density at radius 1 is 0.949 bits per heavy atom. The molecule has 1 fully saturated rings. The first-order chi connectivity index (χ1) is 19.0. The molecule has 0 radical (unpaired) electrons. The Hall–Kier alpha value is -3.12. The van der Waals surface area contributed by atoms with Gasteiger partial charge in [-0.05, 0) is 61.6 Å². The quantitative estimate of drug-likeness (QED) is 0.231. The highest BCUT2D eigenvalue weighted by Crippen LogP contribution is 2.21. The van der Waals surface area contributed by atoms with E-state index in [-0.39, 0.29) is 17.9 Å². The molecule has 1 unspecified atom stereocenters.